The highest BCUT2D eigenvalue weighted by Crippen LogP contribution is 2.20. The van der Waals surface area contributed by atoms with Gasteiger partial charge in [0.1, 0.15) is 5.69 Å². The number of carbonyl (C=O) groups is 1. The Kier molecular flexibility index (Phi) is 5.11. The van der Waals surface area contributed by atoms with E-state index in [0.29, 0.717) is 12.2 Å². The molecule has 126 valence electrons. The quantitative estimate of drug-likeness (QED) is 0.867. The second kappa shape index (κ2) is 7.45. The van der Waals surface area contributed by atoms with E-state index in [0.717, 1.165) is 43.2 Å². The lowest BCUT2D eigenvalue weighted by Crippen LogP contribution is -2.36. The van der Waals surface area contributed by atoms with Gasteiger partial charge in [0.25, 0.3) is 5.91 Å². The molecule has 3 rings (SSSR count). The zero-order valence-corrected chi connectivity index (χ0v) is 14.2. The number of amides is 1. The van der Waals surface area contributed by atoms with Gasteiger partial charge in [-0.25, -0.2) is 4.98 Å². The minimum Gasteiger partial charge on any atom is -0.378 e. The monoisotopic (exact) mass is 325 g/mol. The Labute approximate surface area is 142 Å². The lowest BCUT2D eigenvalue weighted by Gasteiger charge is -2.28. The Balaban J connectivity index is 1.78. The maximum Gasteiger partial charge on any atom is 0.276 e. The predicted octanol–water partition coefficient (Wildman–Crippen LogP) is 2.89. The minimum absolute atomic E-state index is 0.0726. The van der Waals surface area contributed by atoms with E-state index in [1.54, 1.807) is 11.1 Å². The van der Waals surface area contributed by atoms with Crippen LogP contribution in [0, 0.1) is 6.92 Å². The van der Waals surface area contributed by atoms with Crippen molar-refractivity contribution < 1.29 is 9.53 Å². The smallest absolute Gasteiger partial charge is 0.276 e. The van der Waals surface area contributed by atoms with E-state index in [1.165, 1.54) is 0 Å². The first-order valence-electron chi connectivity index (χ1n) is 8.36. The van der Waals surface area contributed by atoms with Gasteiger partial charge in [0.05, 0.1) is 25.1 Å². The van der Waals surface area contributed by atoms with Crippen LogP contribution < -0.4 is 9.80 Å². The molecule has 1 saturated heterocycles. The van der Waals surface area contributed by atoms with Crippen LogP contribution >= 0.6 is 0 Å². The highest BCUT2D eigenvalue weighted by atomic mass is 16.5. The van der Waals surface area contributed by atoms with Gasteiger partial charge in [0, 0.05) is 25.3 Å². The van der Waals surface area contributed by atoms with Gasteiger partial charge in [-0.2, -0.15) is 0 Å². The van der Waals surface area contributed by atoms with Crippen LogP contribution in [0.2, 0.25) is 0 Å². The van der Waals surface area contributed by atoms with Crippen molar-refractivity contribution in [3.8, 4) is 0 Å². The molecule has 1 aliphatic rings. The first kappa shape index (κ1) is 16.5. The molecule has 0 atom stereocenters. The van der Waals surface area contributed by atoms with Crippen LogP contribution in [-0.2, 0) is 4.74 Å². The second-order valence-corrected chi connectivity index (χ2v) is 5.89. The van der Waals surface area contributed by atoms with Crippen molar-refractivity contribution >= 4 is 17.3 Å². The normalized spacial score (nSPS) is 14.5. The zero-order chi connectivity index (χ0) is 16.9. The third kappa shape index (κ3) is 3.57. The number of carbonyl (C=O) groups excluding carboxylic acids is 1. The molecule has 0 spiro atoms. The van der Waals surface area contributed by atoms with Gasteiger partial charge in [-0.1, -0.05) is 12.1 Å². The Bertz CT molecular complexity index is 694. The van der Waals surface area contributed by atoms with Gasteiger partial charge in [0.15, 0.2) is 0 Å². The molecular formula is C19H23N3O2. The van der Waals surface area contributed by atoms with Crippen LogP contribution in [0.25, 0.3) is 0 Å². The topological polar surface area (TPSA) is 45.7 Å². The van der Waals surface area contributed by atoms with Crippen molar-refractivity contribution in [3.05, 3.63) is 53.9 Å². The highest BCUT2D eigenvalue weighted by molar-refractivity contribution is 6.04. The number of hydrogen-bond acceptors (Lipinski definition) is 4. The van der Waals surface area contributed by atoms with Gasteiger partial charge in [0.2, 0.25) is 0 Å². The number of aromatic nitrogens is 1. The summed E-state index contributed by atoms with van der Waals surface area (Å²) < 4.78 is 5.36. The third-order valence-electron chi connectivity index (χ3n) is 4.22. The summed E-state index contributed by atoms with van der Waals surface area (Å²) in [6, 6.07) is 11.7. The standard InChI is InChI=1S/C19H23N3O2/c1-3-22(16-6-4-5-15(2)13-16)19(23)18-8-7-17(14-20-18)21-9-11-24-12-10-21/h4-8,13-14H,3,9-12H2,1-2H3. The van der Waals surface area contributed by atoms with Crippen molar-refractivity contribution in [2.75, 3.05) is 42.6 Å². The van der Waals surface area contributed by atoms with Crippen LogP contribution in [0.4, 0.5) is 11.4 Å². The summed E-state index contributed by atoms with van der Waals surface area (Å²) in [6.07, 6.45) is 1.78. The van der Waals surface area contributed by atoms with Crippen molar-refractivity contribution in [2.45, 2.75) is 13.8 Å². The number of ether oxygens (including phenoxy) is 1. The summed E-state index contributed by atoms with van der Waals surface area (Å²) >= 11 is 0. The van der Waals surface area contributed by atoms with E-state index in [-0.39, 0.29) is 5.91 Å². The van der Waals surface area contributed by atoms with Gasteiger partial charge in [-0.3, -0.25) is 4.79 Å². The molecule has 0 bridgehead atoms. The molecule has 5 nitrogen and oxygen atoms in total. The molecule has 24 heavy (non-hydrogen) atoms. The van der Waals surface area contributed by atoms with Gasteiger partial charge < -0.3 is 14.5 Å². The molecule has 1 fully saturated rings. The molecule has 5 heteroatoms. The number of rotatable bonds is 4. The fraction of sp³-hybridized carbons (Fsp3) is 0.368. The second-order valence-electron chi connectivity index (χ2n) is 5.89. The first-order chi connectivity index (χ1) is 11.7. The third-order valence-corrected chi connectivity index (χ3v) is 4.22. The molecule has 1 amide bonds. The zero-order valence-electron chi connectivity index (χ0n) is 14.2. The van der Waals surface area contributed by atoms with Crippen LogP contribution in [0.5, 0.6) is 0 Å². The highest BCUT2D eigenvalue weighted by Gasteiger charge is 2.18. The number of nitrogens with zero attached hydrogens (tertiary/aromatic N) is 3. The fourth-order valence-electron chi connectivity index (χ4n) is 2.90. The minimum atomic E-state index is -0.0726. The lowest BCUT2D eigenvalue weighted by molar-refractivity contribution is 0.0983. The largest absolute Gasteiger partial charge is 0.378 e. The van der Waals surface area contributed by atoms with Gasteiger partial charge >= 0.3 is 0 Å². The first-order valence-corrected chi connectivity index (χ1v) is 8.36. The van der Waals surface area contributed by atoms with Crippen molar-refractivity contribution in [3.63, 3.8) is 0 Å². The number of aryl methyl sites for hydroxylation is 1. The molecule has 1 aromatic heterocycles. The fourth-order valence-corrected chi connectivity index (χ4v) is 2.90. The van der Waals surface area contributed by atoms with E-state index >= 15 is 0 Å². The molecule has 0 radical (unpaired) electrons. The van der Waals surface area contributed by atoms with E-state index in [9.17, 15) is 4.79 Å². The Morgan fingerprint density at radius 3 is 2.67 bits per heavy atom. The Morgan fingerprint density at radius 2 is 2.04 bits per heavy atom. The predicted molar refractivity (Wildman–Crippen MR) is 95.8 cm³/mol. The van der Waals surface area contributed by atoms with Crippen LogP contribution in [0.3, 0.4) is 0 Å². The van der Waals surface area contributed by atoms with E-state index < -0.39 is 0 Å². The molecule has 0 aliphatic carbocycles. The van der Waals surface area contributed by atoms with E-state index in [2.05, 4.69) is 9.88 Å². The molecule has 2 heterocycles. The maximum atomic E-state index is 12.8. The number of hydrogen-bond donors (Lipinski definition) is 0. The summed E-state index contributed by atoms with van der Waals surface area (Å²) in [7, 11) is 0. The number of anilines is 2. The number of morpholine rings is 1. The molecular weight excluding hydrogens is 302 g/mol. The Morgan fingerprint density at radius 1 is 1.25 bits per heavy atom. The summed E-state index contributed by atoms with van der Waals surface area (Å²) in [5.41, 5.74) is 3.54. The van der Waals surface area contributed by atoms with Crippen LogP contribution in [0.1, 0.15) is 23.0 Å². The lowest BCUT2D eigenvalue weighted by atomic mass is 10.2. The van der Waals surface area contributed by atoms with E-state index in [4.69, 9.17) is 4.74 Å². The summed E-state index contributed by atoms with van der Waals surface area (Å²) in [4.78, 5) is 21.2. The van der Waals surface area contributed by atoms with Crippen molar-refractivity contribution in [2.24, 2.45) is 0 Å². The average molecular weight is 325 g/mol. The maximum absolute atomic E-state index is 12.8. The SMILES string of the molecule is CCN(C(=O)c1ccc(N2CCOCC2)cn1)c1cccc(C)c1. The molecule has 2 aromatic rings. The van der Waals surface area contributed by atoms with E-state index in [1.807, 2.05) is 50.2 Å². The van der Waals surface area contributed by atoms with Crippen molar-refractivity contribution in [1.82, 2.24) is 4.98 Å². The van der Waals surface area contributed by atoms with Crippen LogP contribution in [-0.4, -0.2) is 43.7 Å². The summed E-state index contributed by atoms with van der Waals surface area (Å²) in [5.74, 6) is -0.0726. The Hall–Kier alpha value is -2.40. The average Bonchev–Trinajstić information content (AvgIpc) is 2.63. The summed E-state index contributed by atoms with van der Waals surface area (Å²) in [6.45, 7) is 7.79. The number of benzene rings is 1. The van der Waals surface area contributed by atoms with Crippen LogP contribution in [0.15, 0.2) is 42.6 Å². The molecule has 0 saturated carbocycles. The molecule has 0 N–H and O–H groups in total. The van der Waals surface area contributed by atoms with Gasteiger partial charge in [-0.05, 0) is 43.7 Å². The van der Waals surface area contributed by atoms with Crippen molar-refractivity contribution in [1.29, 1.82) is 0 Å². The summed E-state index contributed by atoms with van der Waals surface area (Å²) in [5, 5.41) is 0. The molecule has 0 unspecified atom stereocenters. The number of pyridine rings is 1. The van der Waals surface area contributed by atoms with Gasteiger partial charge in [-0.15, -0.1) is 0 Å². The molecule has 1 aliphatic heterocycles. The molecule has 1 aromatic carbocycles.